The van der Waals surface area contributed by atoms with Crippen molar-refractivity contribution >= 4 is 5.91 Å². The first-order chi connectivity index (χ1) is 9.70. The first-order valence-electron chi connectivity index (χ1n) is 7.01. The molecule has 2 fully saturated rings. The third-order valence-electron chi connectivity index (χ3n) is 4.14. The van der Waals surface area contributed by atoms with Crippen LogP contribution in [0.3, 0.4) is 0 Å². The lowest BCUT2D eigenvalue weighted by molar-refractivity contribution is -0.131. The summed E-state index contributed by atoms with van der Waals surface area (Å²) >= 11 is 0. The summed E-state index contributed by atoms with van der Waals surface area (Å²) in [6.45, 7) is 3.15. The quantitative estimate of drug-likeness (QED) is 0.904. The van der Waals surface area contributed by atoms with Crippen LogP contribution in [0.2, 0.25) is 0 Å². The van der Waals surface area contributed by atoms with Crippen LogP contribution < -0.4 is 10.1 Å². The van der Waals surface area contributed by atoms with Crippen molar-refractivity contribution in [2.24, 2.45) is 0 Å². The Morgan fingerprint density at radius 2 is 2.10 bits per heavy atom. The van der Waals surface area contributed by atoms with Crippen molar-refractivity contribution in [2.75, 3.05) is 20.3 Å². The fraction of sp³-hybridized carbons (Fsp3) is 0.533. The van der Waals surface area contributed by atoms with E-state index in [1.807, 2.05) is 36.1 Å². The maximum atomic E-state index is 12.2. The van der Waals surface area contributed by atoms with Gasteiger partial charge in [-0.3, -0.25) is 10.1 Å². The SMILES string of the molecule is COc1ccc(C2NCC(=O)N2C2CCOC2C)cc1. The highest BCUT2D eigenvalue weighted by atomic mass is 16.5. The molecule has 3 rings (SSSR count). The lowest BCUT2D eigenvalue weighted by Gasteiger charge is -2.32. The third kappa shape index (κ3) is 2.27. The van der Waals surface area contributed by atoms with E-state index in [4.69, 9.17) is 9.47 Å². The summed E-state index contributed by atoms with van der Waals surface area (Å²) in [5.41, 5.74) is 1.08. The number of nitrogens with one attached hydrogen (secondary N) is 1. The fourth-order valence-electron chi connectivity index (χ4n) is 3.04. The van der Waals surface area contributed by atoms with Crippen LogP contribution in [0.15, 0.2) is 24.3 Å². The number of carbonyl (C=O) groups is 1. The Bertz CT molecular complexity index is 488. The summed E-state index contributed by atoms with van der Waals surface area (Å²) in [6, 6.07) is 8.01. The van der Waals surface area contributed by atoms with Crippen molar-refractivity contribution in [3.63, 3.8) is 0 Å². The van der Waals surface area contributed by atoms with E-state index in [2.05, 4.69) is 5.32 Å². The standard InChI is InChI=1S/C15H20N2O3/c1-10-13(7-8-20-10)17-14(18)9-16-15(17)11-3-5-12(19-2)6-4-11/h3-6,10,13,15-16H,7-9H2,1-2H3. The van der Waals surface area contributed by atoms with Gasteiger partial charge in [-0.1, -0.05) is 12.1 Å². The van der Waals surface area contributed by atoms with Crippen molar-refractivity contribution in [1.82, 2.24) is 10.2 Å². The second-order valence-corrected chi connectivity index (χ2v) is 5.29. The maximum Gasteiger partial charge on any atom is 0.238 e. The molecule has 20 heavy (non-hydrogen) atoms. The van der Waals surface area contributed by atoms with Gasteiger partial charge in [0.1, 0.15) is 11.9 Å². The molecule has 2 aliphatic rings. The molecule has 0 spiro atoms. The third-order valence-corrected chi connectivity index (χ3v) is 4.14. The van der Waals surface area contributed by atoms with Gasteiger partial charge in [-0.15, -0.1) is 0 Å². The molecule has 1 aromatic carbocycles. The summed E-state index contributed by atoms with van der Waals surface area (Å²) in [4.78, 5) is 14.1. The molecule has 0 bridgehead atoms. The minimum absolute atomic E-state index is 0.0671. The van der Waals surface area contributed by atoms with Gasteiger partial charge in [0.15, 0.2) is 0 Å². The molecule has 1 N–H and O–H groups in total. The first-order valence-corrected chi connectivity index (χ1v) is 7.01. The molecular formula is C15H20N2O3. The van der Waals surface area contributed by atoms with Crippen LogP contribution in [0.5, 0.6) is 5.75 Å². The van der Waals surface area contributed by atoms with E-state index in [-0.39, 0.29) is 24.2 Å². The molecule has 2 aliphatic heterocycles. The van der Waals surface area contributed by atoms with Crippen LogP contribution in [0.1, 0.15) is 25.1 Å². The number of hydrogen-bond acceptors (Lipinski definition) is 4. The lowest BCUT2D eigenvalue weighted by Crippen LogP contribution is -2.43. The normalized spacial score (nSPS) is 30.0. The molecule has 2 saturated heterocycles. The Kier molecular flexibility index (Phi) is 3.63. The molecule has 1 amide bonds. The van der Waals surface area contributed by atoms with Gasteiger partial charge < -0.3 is 14.4 Å². The molecule has 0 aromatic heterocycles. The van der Waals surface area contributed by atoms with Crippen molar-refractivity contribution in [2.45, 2.75) is 31.7 Å². The maximum absolute atomic E-state index is 12.2. The summed E-state index contributed by atoms with van der Waals surface area (Å²) < 4.78 is 10.8. The number of hydrogen-bond donors (Lipinski definition) is 1. The highest BCUT2D eigenvalue weighted by molar-refractivity contribution is 5.81. The van der Waals surface area contributed by atoms with E-state index in [1.165, 1.54) is 0 Å². The van der Waals surface area contributed by atoms with Crippen molar-refractivity contribution < 1.29 is 14.3 Å². The molecule has 2 heterocycles. The predicted octanol–water partition coefficient (Wildman–Crippen LogP) is 1.30. The van der Waals surface area contributed by atoms with Gasteiger partial charge in [0.25, 0.3) is 0 Å². The number of rotatable bonds is 3. The van der Waals surface area contributed by atoms with Crippen LogP contribution in [0.4, 0.5) is 0 Å². The smallest absolute Gasteiger partial charge is 0.238 e. The second kappa shape index (κ2) is 5.42. The van der Waals surface area contributed by atoms with E-state index in [9.17, 15) is 4.79 Å². The van der Waals surface area contributed by atoms with Crippen molar-refractivity contribution in [1.29, 1.82) is 0 Å². The summed E-state index contributed by atoms with van der Waals surface area (Å²) in [5.74, 6) is 0.968. The summed E-state index contributed by atoms with van der Waals surface area (Å²) in [5, 5.41) is 3.29. The highest BCUT2D eigenvalue weighted by Gasteiger charge is 2.41. The zero-order valence-corrected chi connectivity index (χ0v) is 11.8. The molecule has 0 saturated carbocycles. The Morgan fingerprint density at radius 3 is 2.70 bits per heavy atom. The van der Waals surface area contributed by atoms with E-state index in [1.54, 1.807) is 7.11 Å². The molecule has 3 atom stereocenters. The molecule has 3 unspecified atom stereocenters. The van der Waals surface area contributed by atoms with Crippen molar-refractivity contribution in [3.05, 3.63) is 29.8 Å². The number of ether oxygens (including phenoxy) is 2. The molecule has 1 aromatic rings. The lowest BCUT2D eigenvalue weighted by atomic mass is 10.1. The van der Waals surface area contributed by atoms with Gasteiger partial charge >= 0.3 is 0 Å². The van der Waals surface area contributed by atoms with Gasteiger partial charge in [0.05, 0.1) is 25.8 Å². The van der Waals surface area contributed by atoms with Crippen LogP contribution in [0, 0.1) is 0 Å². The number of benzene rings is 1. The molecule has 108 valence electrons. The molecule has 0 radical (unpaired) electrons. The van der Waals surface area contributed by atoms with Gasteiger partial charge in [-0.25, -0.2) is 0 Å². The van der Waals surface area contributed by atoms with Crippen LogP contribution in [-0.2, 0) is 9.53 Å². The number of methoxy groups -OCH3 is 1. The number of amides is 1. The van der Waals surface area contributed by atoms with E-state index >= 15 is 0 Å². The Hall–Kier alpha value is -1.59. The van der Waals surface area contributed by atoms with Gasteiger partial charge in [0.2, 0.25) is 5.91 Å². The van der Waals surface area contributed by atoms with Crippen LogP contribution in [0.25, 0.3) is 0 Å². The molecule has 5 nitrogen and oxygen atoms in total. The van der Waals surface area contributed by atoms with Crippen LogP contribution in [-0.4, -0.2) is 43.2 Å². The van der Waals surface area contributed by atoms with E-state index in [0.29, 0.717) is 6.54 Å². The first kappa shape index (κ1) is 13.4. The minimum Gasteiger partial charge on any atom is -0.497 e. The van der Waals surface area contributed by atoms with Crippen molar-refractivity contribution in [3.8, 4) is 5.75 Å². The monoisotopic (exact) mass is 276 g/mol. The summed E-state index contributed by atoms with van der Waals surface area (Å²) in [7, 11) is 1.65. The average molecular weight is 276 g/mol. The minimum atomic E-state index is -0.0671. The molecular weight excluding hydrogens is 256 g/mol. The Labute approximate surface area is 118 Å². The zero-order valence-electron chi connectivity index (χ0n) is 11.8. The summed E-state index contributed by atoms with van der Waals surface area (Å²) in [6.07, 6.45) is 0.934. The van der Waals surface area contributed by atoms with Gasteiger partial charge in [0, 0.05) is 6.61 Å². The zero-order chi connectivity index (χ0) is 14.1. The number of nitrogens with zero attached hydrogens (tertiary/aromatic N) is 1. The largest absolute Gasteiger partial charge is 0.497 e. The molecule has 5 heteroatoms. The topological polar surface area (TPSA) is 50.8 Å². The number of carbonyl (C=O) groups excluding carboxylic acids is 1. The van der Waals surface area contributed by atoms with Crippen LogP contribution >= 0.6 is 0 Å². The highest BCUT2D eigenvalue weighted by Crippen LogP contribution is 2.31. The van der Waals surface area contributed by atoms with Gasteiger partial charge in [-0.2, -0.15) is 0 Å². The fourth-order valence-corrected chi connectivity index (χ4v) is 3.04. The predicted molar refractivity (Wildman–Crippen MR) is 74.4 cm³/mol. The van der Waals surface area contributed by atoms with Gasteiger partial charge in [-0.05, 0) is 31.0 Å². The average Bonchev–Trinajstić information content (AvgIpc) is 3.04. The molecule has 0 aliphatic carbocycles. The Balaban J connectivity index is 1.85. The van der Waals surface area contributed by atoms with E-state index in [0.717, 1.165) is 24.3 Å². The van der Waals surface area contributed by atoms with E-state index < -0.39 is 0 Å². The Morgan fingerprint density at radius 1 is 1.35 bits per heavy atom. The second-order valence-electron chi connectivity index (χ2n) is 5.29.